The van der Waals surface area contributed by atoms with Gasteiger partial charge in [-0.15, -0.1) is 0 Å². The third-order valence-electron chi connectivity index (χ3n) is 4.00. The molecule has 2 heteroatoms. The molecule has 1 heterocycles. The van der Waals surface area contributed by atoms with E-state index < -0.39 is 0 Å². The van der Waals surface area contributed by atoms with Crippen molar-refractivity contribution >= 4 is 5.69 Å². The Balaban J connectivity index is 2.07. The number of benzene rings is 1. The van der Waals surface area contributed by atoms with Gasteiger partial charge in [-0.3, -0.25) is 0 Å². The fourth-order valence-corrected chi connectivity index (χ4v) is 3.10. The van der Waals surface area contributed by atoms with Gasteiger partial charge in [0.1, 0.15) is 0 Å². The third-order valence-corrected chi connectivity index (χ3v) is 4.00. The van der Waals surface area contributed by atoms with E-state index in [0.29, 0.717) is 12.0 Å². The second kappa shape index (κ2) is 4.20. The zero-order chi connectivity index (χ0) is 12.7. The van der Waals surface area contributed by atoms with Crippen LogP contribution in [0.4, 0.5) is 5.69 Å². The highest BCUT2D eigenvalue weighted by Gasteiger charge is 2.36. The minimum absolute atomic E-state index is 0.496. The van der Waals surface area contributed by atoms with Gasteiger partial charge >= 0.3 is 0 Å². The van der Waals surface area contributed by atoms with Crippen molar-refractivity contribution in [1.29, 1.82) is 0 Å². The monoisotopic (exact) mass is 240 g/mol. The van der Waals surface area contributed by atoms with E-state index in [-0.39, 0.29) is 0 Å². The second-order valence-corrected chi connectivity index (χ2v) is 5.21. The molecule has 0 saturated heterocycles. The normalized spacial score (nSPS) is 24.6. The number of para-hydroxylation sites is 1. The van der Waals surface area contributed by atoms with Gasteiger partial charge in [-0.2, -0.15) is 0 Å². The van der Waals surface area contributed by atoms with Crippen LogP contribution in [0.15, 0.2) is 48.2 Å². The Morgan fingerprint density at radius 3 is 2.72 bits per heavy atom. The van der Waals surface area contributed by atoms with E-state index in [0.717, 1.165) is 6.54 Å². The van der Waals surface area contributed by atoms with E-state index >= 15 is 0 Å². The van der Waals surface area contributed by atoms with Crippen molar-refractivity contribution in [3.8, 4) is 0 Å². The van der Waals surface area contributed by atoms with Crippen LogP contribution in [-0.4, -0.2) is 31.6 Å². The summed E-state index contributed by atoms with van der Waals surface area (Å²) >= 11 is 0. The summed E-state index contributed by atoms with van der Waals surface area (Å²) in [6.45, 7) is 3.30. The van der Waals surface area contributed by atoms with Gasteiger partial charge in [-0.25, -0.2) is 0 Å². The Kier molecular flexibility index (Phi) is 2.66. The highest BCUT2D eigenvalue weighted by Crippen LogP contribution is 2.44. The van der Waals surface area contributed by atoms with Crippen LogP contribution >= 0.6 is 0 Å². The maximum absolute atomic E-state index is 2.50. The molecule has 2 aliphatic rings. The molecule has 18 heavy (non-hydrogen) atoms. The number of rotatable bonds is 2. The molecule has 94 valence electrons. The average Bonchev–Trinajstić information content (AvgIpc) is 2.71. The molecule has 0 amide bonds. The van der Waals surface area contributed by atoms with Crippen LogP contribution in [0.5, 0.6) is 0 Å². The summed E-state index contributed by atoms with van der Waals surface area (Å²) in [5, 5.41) is 0. The van der Waals surface area contributed by atoms with Gasteiger partial charge in [0.2, 0.25) is 0 Å². The Morgan fingerprint density at radius 2 is 2.00 bits per heavy atom. The number of nitrogens with zero attached hydrogens (tertiary/aromatic N) is 2. The first kappa shape index (κ1) is 11.4. The fraction of sp³-hybridized carbons (Fsp3) is 0.375. The molecular formula is C16H20N2. The lowest BCUT2D eigenvalue weighted by atomic mass is 9.90. The molecule has 2 unspecified atom stereocenters. The van der Waals surface area contributed by atoms with Crippen LogP contribution in [0.1, 0.15) is 18.4 Å². The van der Waals surface area contributed by atoms with Crippen LogP contribution in [0.2, 0.25) is 0 Å². The molecule has 1 aliphatic heterocycles. The zero-order valence-corrected chi connectivity index (χ0v) is 11.3. The zero-order valence-electron chi connectivity index (χ0n) is 11.3. The van der Waals surface area contributed by atoms with E-state index in [9.17, 15) is 0 Å². The van der Waals surface area contributed by atoms with Gasteiger partial charge in [0.05, 0.1) is 6.04 Å². The molecule has 1 aromatic carbocycles. The van der Waals surface area contributed by atoms with E-state index in [2.05, 4.69) is 73.3 Å². The number of hydrogen-bond donors (Lipinski definition) is 0. The third kappa shape index (κ3) is 1.56. The van der Waals surface area contributed by atoms with E-state index in [1.165, 1.54) is 16.9 Å². The molecule has 1 aliphatic carbocycles. The van der Waals surface area contributed by atoms with Gasteiger partial charge in [0, 0.05) is 37.9 Å². The first-order valence-electron chi connectivity index (χ1n) is 6.65. The Hall–Kier alpha value is -1.70. The van der Waals surface area contributed by atoms with Crippen molar-refractivity contribution in [2.45, 2.75) is 18.9 Å². The van der Waals surface area contributed by atoms with Crippen molar-refractivity contribution in [3.05, 3.63) is 53.8 Å². The first-order valence-corrected chi connectivity index (χ1v) is 6.65. The Bertz CT molecular complexity index is 514. The van der Waals surface area contributed by atoms with Crippen molar-refractivity contribution < 1.29 is 0 Å². The smallest absolute Gasteiger partial charge is 0.0581 e. The number of allylic oxidation sites excluding steroid dienone is 1. The molecule has 2 nitrogen and oxygen atoms in total. The average molecular weight is 240 g/mol. The molecule has 0 N–H and O–H groups in total. The van der Waals surface area contributed by atoms with Gasteiger partial charge in [-0.05, 0) is 24.6 Å². The summed E-state index contributed by atoms with van der Waals surface area (Å²) in [6.07, 6.45) is 7.00. The highest BCUT2D eigenvalue weighted by molar-refractivity contribution is 5.65. The minimum atomic E-state index is 0.496. The number of anilines is 1. The molecule has 0 aromatic heterocycles. The molecule has 0 bridgehead atoms. The molecule has 0 spiro atoms. The summed E-state index contributed by atoms with van der Waals surface area (Å²) in [4.78, 5) is 4.68. The summed E-state index contributed by atoms with van der Waals surface area (Å²) in [5.74, 6) is 0.503. The van der Waals surface area contributed by atoms with Crippen LogP contribution in [0.25, 0.3) is 0 Å². The number of hydrogen-bond acceptors (Lipinski definition) is 2. The van der Waals surface area contributed by atoms with E-state index in [4.69, 9.17) is 0 Å². The molecule has 1 aromatic rings. The summed E-state index contributed by atoms with van der Waals surface area (Å²) in [7, 11) is 4.21. The van der Waals surface area contributed by atoms with Gasteiger partial charge in [-0.1, -0.05) is 30.4 Å². The standard InChI is InChI=1S/C16H20N2/c1-4-18-15-8-6-5-7-13(15)14-11-12(17(2)3)9-10-16(14)18/h5-11,14,16H,4H2,1-3H3. The molecule has 0 radical (unpaired) electrons. The Labute approximate surface area is 109 Å². The van der Waals surface area contributed by atoms with Crippen molar-refractivity contribution in [2.75, 3.05) is 25.5 Å². The largest absolute Gasteiger partial charge is 0.378 e. The second-order valence-electron chi connectivity index (χ2n) is 5.21. The quantitative estimate of drug-likeness (QED) is 0.784. The Morgan fingerprint density at radius 1 is 1.22 bits per heavy atom. The topological polar surface area (TPSA) is 6.48 Å². The first-order chi connectivity index (χ1) is 8.72. The number of likely N-dealkylation sites (N-methyl/N-ethyl adjacent to an activating group) is 2. The van der Waals surface area contributed by atoms with E-state index in [1.807, 2.05) is 0 Å². The van der Waals surface area contributed by atoms with Crippen molar-refractivity contribution in [2.24, 2.45) is 0 Å². The lowest BCUT2D eigenvalue weighted by molar-refractivity contribution is 0.515. The van der Waals surface area contributed by atoms with Crippen molar-refractivity contribution in [3.63, 3.8) is 0 Å². The highest BCUT2D eigenvalue weighted by atomic mass is 15.2. The summed E-state index contributed by atoms with van der Waals surface area (Å²) in [6, 6.07) is 9.30. The maximum Gasteiger partial charge on any atom is 0.0581 e. The lowest BCUT2D eigenvalue weighted by Crippen LogP contribution is -2.33. The van der Waals surface area contributed by atoms with Crippen LogP contribution in [0.3, 0.4) is 0 Å². The molecule has 0 fully saturated rings. The maximum atomic E-state index is 2.50. The van der Waals surface area contributed by atoms with Gasteiger partial charge < -0.3 is 9.80 Å². The number of fused-ring (bicyclic) bond motifs is 3. The molecule has 3 rings (SSSR count). The van der Waals surface area contributed by atoms with Gasteiger partial charge in [0.15, 0.2) is 0 Å². The van der Waals surface area contributed by atoms with Crippen LogP contribution < -0.4 is 4.90 Å². The SMILES string of the molecule is CCN1c2ccccc2C2C=C(N(C)C)C=CC21. The summed E-state index contributed by atoms with van der Waals surface area (Å²) in [5.41, 5.74) is 4.17. The predicted octanol–water partition coefficient (Wildman–Crippen LogP) is 2.99. The van der Waals surface area contributed by atoms with Crippen LogP contribution in [-0.2, 0) is 0 Å². The fourth-order valence-electron chi connectivity index (χ4n) is 3.10. The lowest BCUT2D eigenvalue weighted by Gasteiger charge is -2.29. The predicted molar refractivity (Wildman–Crippen MR) is 76.9 cm³/mol. The molecule has 2 atom stereocenters. The van der Waals surface area contributed by atoms with E-state index in [1.54, 1.807) is 0 Å². The molecule has 0 saturated carbocycles. The van der Waals surface area contributed by atoms with Gasteiger partial charge in [0.25, 0.3) is 0 Å². The van der Waals surface area contributed by atoms with Crippen LogP contribution in [0, 0.1) is 0 Å². The molecular weight excluding hydrogens is 220 g/mol. The summed E-state index contributed by atoms with van der Waals surface area (Å²) < 4.78 is 0. The van der Waals surface area contributed by atoms with Crippen molar-refractivity contribution in [1.82, 2.24) is 4.90 Å². The minimum Gasteiger partial charge on any atom is -0.378 e.